The van der Waals surface area contributed by atoms with Crippen LogP contribution < -0.4 is 0 Å². The predicted octanol–water partition coefficient (Wildman–Crippen LogP) is 4.21. The van der Waals surface area contributed by atoms with E-state index >= 15 is 0 Å². The summed E-state index contributed by atoms with van der Waals surface area (Å²) in [5.74, 6) is 0.170. The summed E-state index contributed by atoms with van der Waals surface area (Å²) in [6, 6.07) is 7.96. The van der Waals surface area contributed by atoms with Gasteiger partial charge in [0.1, 0.15) is 0 Å². The summed E-state index contributed by atoms with van der Waals surface area (Å²) < 4.78 is 0. The lowest BCUT2D eigenvalue weighted by atomic mass is 9.74. The first-order chi connectivity index (χ1) is 10.2. The molecule has 1 fully saturated rings. The Morgan fingerprint density at radius 2 is 1.90 bits per heavy atom. The zero-order valence-electron chi connectivity index (χ0n) is 13.0. The van der Waals surface area contributed by atoms with Crippen molar-refractivity contribution in [2.75, 3.05) is 13.1 Å². The molecule has 112 valence electrons. The molecule has 0 unspecified atom stereocenters. The molecule has 3 rings (SSSR count). The zero-order valence-corrected chi connectivity index (χ0v) is 13.0. The summed E-state index contributed by atoms with van der Waals surface area (Å²) >= 11 is 0. The van der Waals surface area contributed by atoms with Crippen LogP contribution in [-0.2, 0) is 0 Å². The molecule has 2 aromatic rings. The fourth-order valence-corrected chi connectivity index (χ4v) is 3.57. The van der Waals surface area contributed by atoms with Gasteiger partial charge in [-0.2, -0.15) is 0 Å². The maximum absolute atomic E-state index is 12.8. The van der Waals surface area contributed by atoms with Crippen LogP contribution in [0.4, 0.5) is 0 Å². The Kier molecular flexibility index (Phi) is 3.75. The van der Waals surface area contributed by atoms with Crippen molar-refractivity contribution in [3.63, 3.8) is 0 Å². The Labute approximate surface area is 126 Å². The summed E-state index contributed by atoms with van der Waals surface area (Å²) in [4.78, 5) is 18.0. The highest BCUT2D eigenvalue weighted by Gasteiger charge is 2.33. The van der Waals surface area contributed by atoms with Gasteiger partial charge in [-0.25, -0.2) is 0 Å². The largest absolute Gasteiger partial charge is 0.361 e. The first kappa shape index (κ1) is 14.2. The number of benzene rings is 1. The Bertz CT molecular complexity index is 629. The van der Waals surface area contributed by atoms with E-state index in [4.69, 9.17) is 0 Å². The third-order valence-corrected chi connectivity index (χ3v) is 5.43. The smallest absolute Gasteiger partial charge is 0.255 e. The van der Waals surface area contributed by atoms with E-state index in [0.717, 1.165) is 42.4 Å². The first-order valence-corrected chi connectivity index (χ1v) is 8.04. The molecular formula is C18H24N2O. The van der Waals surface area contributed by atoms with Crippen molar-refractivity contribution < 1.29 is 4.79 Å². The molecule has 21 heavy (non-hydrogen) atoms. The number of nitrogens with one attached hydrogen (secondary N) is 1. The summed E-state index contributed by atoms with van der Waals surface area (Å²) in [5, 5.41) is 1.11. The van der Waals surface area contributed by atoms with Gasteiger partial charge in [-0.05, 0) is 30.4 Å². The number of aromatic amines is 1. The third-order valence-electron chi connectivity index (χ3n) is 5.43. The lowest BCUT2D eigenvalue weighted by Gasteiger charge is -2.41. The SMILES string of the molecule is CCC1(CC)CCN(C(=O)c2cccc3cc[nH]c23)CC1. The van der Waals surface area contributed by atoms with Crippen LogP contribution in [0.2, 0.25) is 0 Å². The number of hydrogen-bond acceptors (Lipinski definition) is 1. The van der Waals surface area contributed by atoms with Gasteiger partial charge in [-0.15, -0.1) is 0 Å². The molecule has 0 aliphatic carbocycles. The van der Waals surface area contributed by atoms with Gasteiger partial charge in [0.25, 0.3) is 5.91 Å². The third kappa shape index (κ3) is 2.45. The van der Waals surface area contributed by atoms with Crippen molar-refractivity contribution in [2.45, 2.75) is 39.5 Å². The van der Waals surface area contributed by atoms with Crippen molar-refractivity contribution in [2.24, 2.45) is 5.41 Å². The fraction of sp³-hybridized carbons (Fsp3) is 0.500. The van der Waals surface area contributed by atoms with E-state index in [1.54, 1.807) is 0 Å². The number of carbonyl (C=O) groups excluding carboxylic acids is 1. The number of para-hydroxylation sites is 1. The summed E-state index contributed by atoms with van der Waals surface area (Å²) in [6.45, 7) is 6.33. The van der Waals surface area contributed by atoms with Crippen LogP contribution in [0, 0.1) is 5.41 Å². The average Bonchev–Trinajstić information content (AvgIpc) is 3.03. The van der Waals surface area contributed by atoms with Gasteiger partial charge >= 0.3 is 0 Å². The number of carbonyl (C=O) groups is 1. The van der Waals surface area contributed by atoms with Gasteiger partial charge in [0.15, 0.2) is 0 Å². The molecule has 0 spiro atoms. The maximum Gasteiger partial charge on any atom is 0.255 e. The van der Waals surface area contributed by atoms with Crippen LogP contribution in [0.5, 0.6) is 0 Å². The van der Waals surface area contributed by atoms with Gasteiger partial charge in [0, 0.05) is 24.7 Å². The second-order valence-electron chi connectivity index (χ2n) is 6.25. The highest BCUT2D eigenvalue weighted by Crippen LogP contribution is 2.38. The van der Waals surface area contributed by atoms with E-state index in [9.17, 15) is 4.79 Å². The molecule has 0 atom stereocenters. The van der Waals surface area contributed by atoms with Gasteiger partial charge in [-0.3, -0.25) is 4.79 Å². The number of hydrogen-bond donors (Lipinski definition) is 1. The minimum Gasteiger partial charge on any atom is -0.361 e. The molecule has 0 radical (unpaired) electrons. The monoisotopic (exact) mass is 284 g/mol. The highest BCUT2D eigenvalue weighted by atomic mass is 16.2. The molecule has 1 amide bonds. The molecular weight excluding hydrogens is 260 g/mol. The normalized spacial score (nSPS) is 18.1. The number of likely N-dealkylation sites (tertiary alicyclic amines) is 1. The summed E-state index contributed by atoms with van der Waals surface area (Å²) in [5.41, 5.74) is 2.22. The number of aromatic nitrogens is 1. The van der Waals surface area contributed by atoms with Crippen LogP contribution in [0.3, 0.4) is 0 Å². The minimum absolute atomic E-state index is 0.170. The van der Waals surface area contributed by atoms with Crippen LogP contribution in [0.1, 0.15) is 49.9 Å². The molecule has 1 aromatic carbocycles. The molecule has 3 nitrogen and oxygen atoms in total. The van der Waals surface area contributed by atoms with Crippen molar-refractivity contribution in [3.8, 4) is 0 Å². The molecule has 0 bridgehead atoms. The molecule has 1 N–H and O–H groups in total. The standard InChI is InChI=1S/C18H24N2O/c1-3-18(4-2)9-12-20(13-10-18)17(21)15-7-5-6-14-8-11-19-16(14)15/h5-8,11,19H,3-4,9-10,12-13H2,1-2H3. The molecule has 1 aliphatic rings. The quantitative estimate of drug-likeness (QED) is 0.900. The number of fused-ring (bicyclic) bond motifs is 1. The molecule has 2 heterocycles. The van der Waals surface area contributed by atoms with E-state index < -0.39 is 0 Å². The van der Waals surface area contributed by atoms with Gasteiger partial charge in [-0.1, -0.05) is 38.8 Å². The maximum atomic E-state index is 12.8. The molecule has 1 aromatic heterocycles. The summed E-state index contributed by atoms with van der Waals surface area (Å²) in [6.07, 6.45) is 6.60. The predicted molar refractivity (Wildman–Crippen MR) is 86.5 cm³/mol. The van der Waals surface area contributed by atoms with Crippen molar-refractivity contribution in [1.82, 2.24) is 9.88 Å². The Balaban J connectivity index is 1.80. The number of amides is 1. The molecule has 0 saturated carbocycles. The molecule has 3 heteroatoms. The topological polar surface area (TPSA) is 36.1 Å². The summed E-state index contributed by atoms with van der Waals surface area (Å²) in [7, 11) is 0. The fourth-order valence-electron chi connectivity index (χ4n) is 3.57. The Hall–Kier alpha value is -1.77. The first-order valence-electron chi connectivity index (χ1n) is 8.04. The Morgan fingerprint density at radius 3 is 2.57 bits per heavy atom. The van der Waals surface area contributed by atoms with E-state index in [2.05, 4.69) is 18.8 Å². The van der Waals surface area contributed by atoms with E-state index in [0.29, 0.717) is 5.41 Å². The van der Waals surface area contributed by atoms with Crippen molar-refractivity contribution >= 4 is 16.8 Å². The second-order valence-corrected chi connectivity index (χ2v) is 6.25. The van der Waals surface area contributed by atoms with Gasteiger partial charge in [0.2, 0.25) is 0 Å². The van der Waals surface area contributed by atoms with Crippen LogP contribution in [0.15, 0.2) is 30.5 Å². The van der Waals surface area contributed by atoms with Gasteiger partial charge in [0.05, 0.1) is 11.1 Å². The molecule has 1 saturated heterocycles. The highest BCUT2D eigenvalue weighted by molar-refractivity contribution is 6.05. The van der Waals surface area contributed by atoms with Crippen LogP contribution >= 0.6 is 0 Å². The lowest BCUT2D eigenvalue weighted by Crippen LogP contribution is -2.42. The minimum atomic E-state index is 0.170. The van der Waals surface area contributed by atoms with Crippen molar-refractivity contribution in [3.05, 3.63) is 36.0 Å². The number of rotatable bonds is 3. The van der Waals surface area contributed by atoms with Crippen LogP contribution in [0.25, 0.3) is 10.9 Å². The zero-order chi connectivity index (χ0) is 14.9. The number of nitrogens with zero attached hydrogens (tertiary/aromatic N) is 1. The van der Waals surface area contributed by atoms with E-state index in [-0.39, 0.29) is 5.91 Å². The van der Waals surface area contributed by atoms with E-state index in [1.807, 2.05) is 35.4 Å². The number of piperidine rings is 1. The molecule has 1 aliphatic heterocycles. The Morgan fingerprint density at radius 1 is 1.19 bits per heavy atom. The van der Waals surface area contributed by atoms with E-state index in [1.165, 1.54) is 12.8 Å². The lowest BCUT2D eigenvalue weighted by molar-refractivity contribution is 0.0559. The number of H-pyrrole nitrogens is 1. The van der Waals surface area contributed by atoms with Crippen molar-refractivity contribution in [1.29, 1.82) is 0 Å². The average molecular weight is 284 g/mol. The second kappa shape index (κ2) is 5.55. The van der Waals surface area contributed by atoms with Crippen LogP contribution in [-0.4, -0.2) is 28.9 Å². The van der Waals surface area contributed by atoms with Gasteiger partial charge < -0.3 is 9.88 Å².